The first-order chi connectivity index (χ1) is 11.7. The number of rotatable bonds is 4. The number of hydrogen-bond donors (Lipinski definition) is 1. The SMILES string of the molecule is CNc1ccccc1C(=O)OCC(=O)N1C[C@@]2(C)C[C@H]1CC(C)(C)C2. The van der Waals surface area contributed by atoms with Crippen molar-refractivity contribution in [3.05, 3.63) is 29.8 Å². The highest BCUT2D eigenvalue weighted by atomic mass is 16.5. The average molecular weight is 344 g/mol. The summed E-state index contributed by atoms with van der Waals surface area (Å²) in [7, 11) is 1.75. The highest BCUT2D eigenvalue weighted by molar-refractivity contribution is 5.96. The van der Waals surface area contributed by atoms with Gasteiger partial charge >= 0.3 is 5.97 Å². The van der Waals surface area contributed by atoms with Crippen LogP contribution < -0.4 is 5.32 Å². The molecule has 0 unspecified atom stereocenters. The van der Waals surface area contributed by atoms with E-state index in [9.17, 15) is 9.59 Å². The van der Waals surface area contributed by atoms with Gasteiger partial charge in [0.2, 0.25) is 0 Å². The molecule has 2 atom stereocenters. The van der Waals surface area contributed by atoms with Crippen LogP contribution in [0.1, 0.15) is 50.4 Å². The zero-order chi connectivity index (χ0) is 18.2. The van der Waals surface area contributed by atoms with Crippen molar-refractivity contribution in [2.75, 3.05) is 25.5 Å². The molecule has 5 nitrogen and oxygen atoms in total. The van der Waals surface area contributed by atoms with E-state index in [0.717, 1.165) is 25.8 Å². The van der Waals surface area contributed by atoms with E-state index >= 15 is 0 Å². The number of carbonyl (C=O) groups excluding carboxylic acids is 2. The summed E-state index contributed by atoms with van der Waals surface area (Å²) in [6.07, 6.45) is 3.21. The van der Waals surface area contributed by atoms with Crippen LogP contribution in [0.5, 0.6) is 0 Å². The maximum absolute atomic E-state index is 12.7. The van der Waals surface area contributed by atoms with Gasteiger partial charge in [0, 0.05) is 25.3 Å². The van der Waals surface area contributed by atoms with E-state index < -0.39 is 5.97 Å². The monoisotopic (exact) mass is 344 g/mol. The van der Waals surface area contributed by atoms with Gasteiger partial charge in [0.05, 0.1) is 5.56 Å². The minimum Gasteiger partial charge on any atom is -0.452 e. The molecule has 25 heavy (non-hydrogen) atoms. The summed E-state index contributed by atoms with van der Waals surface area (Å²) >= 11 is 0. The van der Waals surface area contributed by atoms with Gasteiger partial charge < -0.3 is 15.0 Å². The van der Waals surface area contributed by atoms with Gasteiger partial charge in [0.15, 0.2) is 6.61 Å². The Morgan fingerprint density at radius 2 is 1.96 bits per heavy atom. The number of hydrogen-bond acceptors (Lipinski definition) is 4. The number of likely N-dealkylation sites (tertiary alicyclic amines) is 1. The molecule has 5 heteroatoms. The normalized spacial score (nSPS) is 27.0. The molecule has 1 aliphatic carbocycles. The zero-order valence-electron chi connectivity index (χ0n) is 15.6. The standard InChI is InChI=1S/C20H28N2O3/c1-19(2)9-14-10-20(3,12-19)13-22(14)17(23)11-25-18(24)15-7-5-6-8-16(15)21-4/h5-8,14,21H,9-13H2,1-4H3/t14-,20+/m1/s1. The quantitative estimate of drug-likeness (QED) is 0.852. The molecule has 1 heterocycles. The molecule has 1 aromatic carbocycles. The van der Waals surface area contributed by atoms with Gasteiger partial charge in [-0.3, -0.25) is 4.79 Å². The van der Waals surface area contributed by atoms with Gasteiger partial charge in [-0.05, 0) is 42.2 Å². The molecule has 1 saturated heterocycles. The summed E-state index contributed by atoms with van der Waals surface area (Å²) in [5.41, 5.74) is 1.59. The van der Waals surface area contributed by atoms with Crippen molar-refractivity contribution in [1.29, 1.82) is 0 Å². The van der Waals surface area contributed by atoms with Crippen molar-refractivity contribution >= 4 is 17.6 Å². The third-order valence-electron chi connectivity index (χ3n) is 5.48. The number of para-hydroxylation sites is 1. The van der Waals surface area contributed by atoms with E-state index in [-0.39, 0.29) is 29.4 Å². The second kappa shape index (κ2) is 6.36. The Morgan fingerprint density at radius 3 is 2.68 bits per heavy atom. The molecule has 1 aliphatic heterocycles. The van der Waals surface area contributed by atoms with Crippen molar-refractivity contribution in [2.45, 2.75) is 46.1 Å². The Kier molecular flexibility index (Phi) is 4.52. The molecular formula is C20H28N2O3. The largest absolute Gasteiger partial charge is 0.452 e. The van der Waals surface area contributed by atoms with Crippen LogP contribution in [0.15, 0.2) is 24.3 Å². The molecule has 1 aromatic rings. The minimum absolute atomic E-state index is 0.0817. The van der Waals surface area contributed by atoms with Gasteiger partial charge in [-0.15, -0.1) is 0 Å². The van der Waals surface area contributed by atoms with E-state index in [1.807, 2.05) is 17.0 Å². The third-order valence-corrected chi connectivity index (χ3v) is 5.48. The van der Waals surface area contributed by atoms with Gasteiger partial charge in [-0.1, -0.05) is 32.9 Å². The first-order valence-corrected chi connectivity index (χ1v) is 8.96. The van der Waals surface area contributed by atoms with Gasteiger partial charge in [0.1, 0.15) is 0 Å². The number of anilines is 1. The van der Waals surface area contributed by atoms with Crippen LogP contribution in [0.4, 0.5) is 5.69 Å². The van der Waals surface area contributed by atoms with Crippen LogP contribution in [0, 0.1) is 10.8 Å². The minimum atomic E-state index is -0.466. The molecule has 2 aliphatic rings. The third kappa shape index (κ3) is 3.65. The molecule has 2 bridgehead atoms. The van der Waals surface area contributed by atoms with Crippen molar-refractivity contribution in [2.24, 2.45) is 10.8 Å². The van der Waals surface area contributed by atoms with Crippen LogP contribution in [0.2, 0.25) is 0 Å². The lowest BCUT2D eigenvalue weighted by molar-refractivity contribution is -0.135. The number of nitrogens with zero attached hydrogens (tertiary/aromatic N) is 1. The highest BCUT2D eigenvalue weighted by Gasteiger charge is 2.50. The molecule has 0 spiro atoms. The predicted octanol–water partition coefficient (Wildman–Crippen LogP) is 3.31. The molecule has 1 saturated carbocycles. The van der Waals surface area contributed by atoms with Crippen LogP contribution in [-0.2, 0) is 9.53 Å². The maximum atomic E-state index is 12.7. The fraction of sp³-hybridized carbons (Fsp3) is 0.600. The molecule has 1 N–H and O–H groups in total. The van der Waals surface area contributed by atoms with Crippen molar-refractivity contribution in [3.63, 3.8) is 0 Å². The number of carbonyl (C=O) groups is 2. The van der Waals surface area contributed by atoms with E-state index in [0.29, 0.717) is 11.3 Å². The number of nitrogens with one attached hydrogen (secondary N) is 1. The second-order valence-electron chi connectivity index (χ2n) is 8.61. The van der Waals surface area contributed by atoms with Crippen molar-refractivity contribution in [3.8, 4) is 0 Å². The number of amides is 1. The number of fused-ring (bicyclic) bond motifs is 2. The highest BCUT2D eigenvalue weighted by Crippen LogP contribution is 2.52. The summed E-state index contributed by atoms with van der Waals surface area (Å²) in [6, 6.07) is 7.41. The van der Waals surface area contributed by atoms with E-state index in [4.69, 9.17) is 4.74 Å². The number of benzene rings is 1. The zero-order valence-corrected chi connectivity index (χ0v) is 15.6. The van der Waals surface area contributed by atoms with Crippen molar-refractivity contribution in [1.82, 2.24) is 4.90 Å². The summed E-state index contributed by atoms with van der Waals surface area (Å²) in [5.74, 6) is -0.547. The van der Waals surface area contributed by atoms with E-state index in [2.05, 4.69) is 26.1 Å². The summed E-state index contributed by atoms with van der Waals surface area (Å²) in [6.45, 7) is 7.40. The molecule has 1 amide bonds. The Balaban J connectivity index is 1.63. The Morgan fingerprint density at radius 1 is 1.24 bits per heavy atom. The number of esters is 1. The van der Waals surface area contributed by atoms with Gasteiger partial charge in [-0.25, -0.2) is 4.79 Å². The Hall–Kier alpha value is -2.04. The summed E-state index contributed by atoms with van der Waals surface area (Å²) in [5, 5.41) is 2.97. The topological polar surface area (TPSA) is 58.6 Å². The fourth-order valence-corrected chi connectivity index (χ4v) is 4.92. The van der Waals surface area contributed by atoms with Crippen molar-refractivity contribution < 1.29 is 14.3 Å². The van der Waals surface area contributed by atoms with Crippen LogP contribution >= 0.6 is 0 Å². The average Bonchev–Trinajstić information content (AvgIpc) is 2.81. The fourth-order valence-electron chi connectivity index (χ4n) is 4.92. The molecule has 0 aromatic heterocycles. The lowest BCUT2D eigenvalue weighted by Crippen LogP contribution is -2.39. The Labute approximate surface area is 149 Å². The van der Waals surface area contributed by atoms with Gasteiger partial charge in [0.25, 0.3) is 5.91 Å². The van der Waals surface area contributed by atoms with Gasteiger partial charge in [-0.2, -0.15) is 0 Å². The molecule has 3 rings (SSSR count). The van der Waals surface area contributed by atoms with E-state index in [1.54, 1.807) is 19.2 Å². The van der Waals surface area contributed by atoms with E-state index in [1.165, 1.54) is 0 Å². The van der Waals surface area contributed by atoms with Crippen LogP contribution in [0.3, 0.4) is 0 Å². The smallest absolute Gasteiger partial charge is 0.340 e. The maximum Gasteiger partial charge on any atom is 0.340 e. The summed E-state index contributed by atoms with van der Waals surface area (Å²) in [4.78, 5) is 26.9. The molecule has 0 radical (unpaired) electrons. The summed E-state index contributed by atoms with van der Waals surface area (Å²) < 4.78 is 5.31. The lowest BCUT2D eigenvalue weighted by atomic mass is 9.65. The van der Waals surface area contributed by atoms with Crippen LogP contribution in [0.25, 0.3) is 0 Å². The first-order valence-electron chi connectivity index (χ1n) is 8.96. The first kappa shape index (κ1) is 17.8. The number of ether oxygens (including phenoxy) is 1. The predicted molar refractivity (Wildman–Crippen MR) is 97.5 cm³/mol. The molecule has 136 valence electrons. The second-order valence-corrected chi connectivity index (χ2v) is 8.61. The lowest BCUT2D eigenvalue weighted by Gasteiger charge is -2.39. The molecular weight excluding hydrogens is 316 g/mol. The van der Waals surface area contributed by atoms with Crippen LogP contribution in [-0.4, -0.2) is 43.0 Å². The Bertz CT molecular complexity index is 685. The molecule has 2 fully saturated rings.